The highest BCUT2D eigenvalue weighted by Crippen LogP contribution is 2.47. The van der Waals surface area contributed by atoms with Crippen LogP contribution in [-0.4, -0.2) is 0 Å². The minimum Gasteiger partial charge on any atom is -0.455 e. The van der Waals surface area contributed by atoms with E-state index in [1.165, 1.54) is 97.5 Å². The maximum atomic E-state index is 6.94. The zero-order chi connectivity index (χ0) is 33.2. The molecule has 0 amide bonds. The van der Waals surface area contributed by atoms with E-state index in [2.05, 4.69) is 170 Å². The maximum Gasteiger partial charge on any atom is 0.143 e. The van der Waals surface area contributed by atoms with Gasteiger partial charge >= 0.3 is 0 Å². The van der Waals surface area contributed by atoms with Crippen LogP contribution < -0.4 is 0 Å². The van der Waals surface area contributed by atoms with Crippen LogP contribution >= 0.6 is 0 Å². The van der Waals surface area contributed by atoms with Crippen molar-refractivity contribution in [2.45, 2.75) is 0 Å². The van der Waals surface area contributed by atoms with E-state index in [9.17, 15) is 0 Å². The van der Waals surface area contributed by atoms with Gasteiger partial charge in [0.1, 0.15) is 11.2 Å². The van der Waals surface area contributed by atoms with Gasteiger partial charge in [-0.2, -0.15) is 0 Å². The van der Waals surface area contributed by atoms with Crippen molar-refractivity contribution in [2.24, 2.45) is 0 Å². The number of furan rings is 1. The maximum absolute atomic E-state index is 6.94. The van der Waals surface area contributed by atoms with Gasteiger partial charge in [0.05, 0.1) is 0 Å². The molecule has 1 heterocycles. The van der Waals surface area contributed by atoms with Gasteiger partial charge < -0.3 is 4.42 Å². The summed E-state index contributed by atoms with van der Waals surface area (Å²) in [6, 6.07) is 62.7. The van der Waals surface area contributed by atoms with Crippen molar-refractivity contribution in [3.05, 3.63) is 170 Å². The van der Waals surface area contributed by atoms with Crippen molar-refractivity contribution in [1.29, 1.82) is 0 Å². The van der Waals surface area contributed by atoms with Crippen LogP contribution in [0.15, 0.2) is 174 Å². The third-order valence-corrected chi connectivity index (χ3v) is 11.4. The quantitative estimate of drug-likeness (QED) is 0.171. The van der Waals surface area contributed by atoms with Crippen molar-refractivity contribution in [2.75, 3.05) is 0 Å². The van der Waals surface area contributed by atoms with Crippen LogP contribution in [0, 0.1) is 0 Å². The fourth-order valence-corrected chi connectivity index (χ4v) is 9.07. The van der Waals surface area contributed by atoms with Crippen LogP contribution in [0.3, 0.4) is 0 Å². The molecule has 0 bridgehead atoms. The molecule has 51 heavy (non-hydrogen) atoms. The Balaban J connectivity index is 1.27. The Morgan fingerprint density at radius 3 is 1.71 bits per heavy atom. The lowest BCUT2D eigenvalue weighted by Crippen LogP contribution is -1.90. The fourth-order valence-electron chi connectivity index (χ4n) is 9.07. The molecule has 0 N–H and O–H groups in total. The second-order valence-electron chi connectivity index (χ2n) is 14.0. The Morgan fingerprint density at radius 1 is 0.275 bits per heavy atom. The molecule has 12 rings (SSSR count). The first-order chi connectivity index (χ1) is 25.3. The fraction of sp³-hybridized carbons (Fsp3) is 0. The molecule has 0 unspecified atom stereocenters. The van der Waals surface area contributed by atoms with E-state index in [4.69, 9.17) is 4.42 Å². The predicted molar refractivity (Wildman–Crippen MR) is 218 cm³/mol. The minimum absolute atomic E-state index is 0.911. The molecule has 234 valence electrons. The molecule has 0 saturated carbocycles. The highest BCUT2D eigenvalue weighted by molar-refractivity contribution is 6.28. The van der Waals surface area contributed by atoms with Gasteiger partial charge in [0.2, 0.25) is 0 Å². The Kier molecular flexibility index (Phi) is 5.29. The summed E-state index contributed by atoms with van der Waals surface area (Å²) in [6.45, 7) is 0. The summed E-state index contributed by atoms with van der Waals surface area (Å²) in [5.74, 6) is 0. The van der Waals surface area contributed by atoms with Gasteiger partial charge in [-0.1, -0.05) is 146 Å². The zero-order valence-corrected chi connectivity index (χ0v) is 27.6. The molecular formula is C50H28O. The Hall–Kier alpha value is -6.70. The van der Waals surface area contributed by atoms with Crippen LogP contribution in [-0.2, 0) is 0 Å². The first-order valence-corrected chi connectivity index (χ1v) is 17.7. The lowest BCUT2D eigenvalue weighted by atomic mass is 9.86. The average molecular weight is 645 g/mol. The van der Waals surface area contributed by atoms with Crippen molar-refractivity contribution < 1.29 is 4.42 Å². The van der Waals surface area contributed by atoms with Gasteiger partial charge in [-0.25, -0.2) is 0 Å². The second-order valence-corrected chi connectivity index (χ2v) is 14.0. The van der Waals surface area contributed by atoms with Gasteiger partial charge in [-0.3, -0.25) is 0 Å². The molecule has 0 aliphatic rings. The molecule has 0 spiro atoms. The molecule has 0 aliphatic carbocycles. The monoisotopic (exact) mass is 644 g/mol. The van der Waals surface area contributed by atoms with Gasteiger partial charge in [0.25, 0.3) is 0 Å². The number of rotatable bonds is 2. The Bertz CT molecular complexity index is 3400. The lowest BCUT2D eigenvalue weighted by molar-refractivity contribution is 0.670. The predicted octanol–water partition coefficient (Wildman–Crippen LogP) is 14.4. The molecule has 11 aromatic carbocycles. The average Bonchev–Trinajstić information content (AvgIpc) is 3.58. The Labute approximate surface area is 292 Å². The number of hydrogen-bond acceptors (Lipinski definition) is 1. The second kappa shape index (κ2) is 9.94. The summed E-state index contributed by atoms with van der Waals surface area (Å²) >= 11 is 0. The molecule has 0 aliphatic heterocycles. The molecule has 1 heteroatoms. The summed E-state index contributed by atoms with van der Waals surface area (Å²) in [7, 11) is 0. The van der Waals surface area contributed by atoms with Gasteiger partial charge in [0.15, 0.2) is 0 Å². The summed E-state index contributed by atoms with van der Waals surface area (Å²) < 4.78 is 6.94. The van der Waals surface area contributed by atoms with Crippen molar-refractivity contribution in [3.63, 3.8) is 0 Å². The summed E-state index contributed by atoms with van der Waals surface area (Å²) in [5.41, 5.74) is 6.55. The van der Waals surface area contributed by atoms with Crippen LogP contribution in [0.1, 0.15) is 0 Å². The molecule has 0 saturated heterocycles. The van der Waals surface area contributed by atoms with E-state index in [0.717, 1.165) is 22.1 Å². The first-order valence-electron chi connectivity index (χ1n) is 17.7. The molecule has 1 nitrogen and oxygen atoms in total. The highest BCUT2D eigenvalue weighted by Gasteiger charge is 2.21. The van der Waals surface area contributed by atoms with Crippen molar-refractivity contribution in [1.82, 2.24) is 0 Å². The van der Waals surface area contributed by atoms with Gasteiger partial charge in [-0.05, 0) is 116 Å². The number of hydrogen-bond donors (Lipinski definition) is 0. The smallest absolute Gasteiger partial charge is 0.143 e. The third kappa shape index (κ3) is 3.70. The summed E-state index contributed by atoms with van der Waals surface area (Å²) in [4.78, 5) is 0. The summed E-state index contributed by atoms with van der Waals surface area (Å²) in [5, 5.41) is 20.0. The highest BCUT2D eigenvalue weighted by atomic mass is 16.3. The van der Waals surface area contributed by atoms with Gasteiger partial charge in [-0.15, -0.1) is 0 Å². The van der Waals surface area contributed by atoms with E-state index in [1.807, 2.05) is 0 Å². The van der Waals surface area contributed by atoms with E-state index in [0.29, 0.717) is 0 Å². The van der Waals surface area contributed by atoms with Crippen molar-refractivity contribution >= 4 is 97.3 Å². The Morgan fingerprint density at radius 2 is 0.863 bits per heavy atom. The largest absolute Gasteiger partial charge is 0.455 e. The first kappa shape index (κ1) is 27.2. The lowest BCUT2D eigenvalue weighted by Gasteiger charge is -2.16. The number of fused-ring (bicyclic) bond motifs is 10. The standard InChI is InChI=1S/C50H28O/c1-3-12-35-29(8-1)18-22-39-37-14-5-6-15-38(37)42(28-43(35)39)34-26-44(50-45(27-34)49-36-13-4-2-9-30(36)21-25-46(49)51-50)40-23-19-33-17-16-31-10-7-11-32-20-24-41(40)48(33)47(31)32/h1-28H. The minimum atomic E-state index is 0.911. The molecule has 0 fully saturated rings. The molecule has 12 aromatic rings. The van der Waals surface area contributed by atoms with Crippen LogP contribution in [0.4, 0.5) is 0 Å². The van der Waals surface area contributed by atoms with Crippen LogP contribution in [0.5, 0.6) is 0 Å². The molecule has 0 radical (unpaired) electrons. The van der Waals surface area contributed by atoms with Gasteiger partial charge in [0, 0.05) is 16.3 Å². The van der Waals surface area contributed by atoms with E-state index in [1.54, 1.807) is 0 Å². The van der Waals surface area contributed by atoms with E-state index < -0.39 is 0 Å². The zero-order valence-electron chi connectivity index (χ0n) is 27.6. The summed E-state index contributed by atoms with van der Waals surface area (Å²) in [6.07, 6.45) is 0. The van der Waals surface area contributed by atoms with Crippen molar-refractivity contribution in [3.8, 4) is 22.3 Å². The van der Waals surface area contributed by atoms with Crippen LogP contribution in [0.25, 0.3) is 120 Å². The van der Waals surface area contributed by atoms with E-state index >= 15 is 0 Å². The van der Waals surface area contributed by atoms with E-state index in [-0.39, 0.29) is 0 Å². The topological polar surface area (TPSA) is 13.1 Å². The molecular weight excluding hydrogens is 617 g/mol. The van der Waals surface area contributed by atoms with Crippen LogP contribution in [0.2, 0.25) is 0 Å². The number of benzene rings is 11. The third-order valence-electron chi connectivity index (χ3n) is 11.4. The molecule has 1 aromatic heterocycles. The molecule has 0 atom stereocenters. The SMILES string of the molecule is c1ccc2c(c1)ccc1c3ccccc3c(-c3cc(-c4ccc5ccc6cccc7ccc4c5c67)c4oc5ccc6ccccc6c5c4c3)cc21. The normalized spacial score (nSPS) is 12.3.